The Kier molecular flexibility index (Phi) is 4.73. The molecule has 1 aliphatic rings. The largest absolute Gasteiger partial charge is 0.480 e. The van der Waals surface area contributed by atoms with Crippen molar-refractivity contribution in [2.45, 2.75) is 45.2 Å². The van der Waals surface area contributed by atoms with Crippen LogP contribution in [0.25, 0.3) is 0 Å². The molecule has 1 saturated carbocycles. The average molecular weight is 228 g/mol. The summed E-state index contributed by atoms with van der Waals surface area (Å²) in [4.78, 5) is 22.4. The van der Waals surface area contributed by atoms with Crippen molar-refractivity contribution >= 4 is 11.9 Å². The monoisotopic (exact) mass is 228 g/mol. The molecule has 1 aliphatic carbocycles. The molecule has 2 unspecified atom stereocenters. The van der Waals surface area contributed by atoms with Crippen molar-refractivity contribution in [3.05, 3.63) is 0 Å². The summed E-state index contributed by atoms with van der Waals surface area (Å²) >= 11 is 0. The molecule has 0 spiro atoms. The summed E-state index contributed by atoms with van der Waals surface area (Å²) in [5.74, 6) is -1.25. The minimum absolute atomic E-state index is 0.0534. The Morgan fingerprint density at radius 2 is 2.06 bits per heavy atom. The predicted octanol–water partition coefficient (Wildman–Crippen LogP) is 0.354. The van der Waals surface area contributed by atoms with E-state index in [1.54, 1.807) is 0 Å². The number of amides is 1. The van der Waals surface area contributed by atoms with Crippen LogP contribution in [0.4, 0.5) is 0 Å². The number of carbonyl (C=O) groups is 2. The topological polar surface area (TPSA) is 78.4 Å². The number of carboxylic acid groups (broad SMARTS) is 1. The van der Waals surface area contributed by atoms with Gasteiger partial charge in [0.25, 0.3) is 0 Å². The van der Waals surface area contributed by atoms with E-state index in [0.717, 1.165) is 19.3 Å². The van der Waals surface area contributed by atoms with Gasteiger partial charge >= 0.3 is 5.97 Å². The maximum Gasteiger partial charge on any atom is 0.326 e. The molecule has 3 N–H and O–H groups in total. The molecule has 0 aromatic rings. The van der Waals surface area contributed by atoms with Crippen molar-refractivity contribution in [1.29, 1.82) is 0 Å². The van der Waals surface area contributed by atoms with Crippen LogP contribution in [0.1, 0.15) is 33.1 Å². The van der Waals surface area contributed by atoms with Gasteiger partial charge in [-0.15, -0.1) is 0 Å². The minimum Gasteiger partial charge on any atom is -0.480 e. The molecule has 1 fully saturated rings. The van der Waals surface area contributed by atoms with Gasteiger partial charge in [-0.2, -0.15) is 0 Å². The molecule has 0 heterocycles. The highest BCUT2D eigenvalue weighted by atomic mass is 16.4. The van der Waals surface area contributed by atoms with Crippen molar-refractivity contribution in [3.8, 4) is 0 Å². The van der Waals surface area contributed by atoms with Crippen LogP contribution in [-0.2, 0) is 9.59 Å². The summed E-state index contributed by atoms with van der Waals surface area (Å²) < 4.78 is 0. The Morgan fingerprint density at radius 1 is 1.44 bits per heavy atom. The first-order valence-electron chi connectivity index (χ1n) is 5.80. The van der Waals surface area contributed by atoms with Crippen molar-refractivity contribution in [2.75, 3.05) is 6.54 Å². The van der Waals surface area contributed by atoms with Gasteiger partial charge in [-0.1, -0.05) is 20.3 Å². The second kappa shape index (κ2) is 5.84. The molecular formula is C11H20N2O3. The third kappa shape index (κ3) is 4.18. The average Bonchev–Trinajstić information content (AvgIpc) is 3.05. The maximum absolute atomic E-state index is 11.5. The van der Waals surface area contributed by atoms with Crippen molar-refractivity contribution < 1.29 is 14.7 Å². The first-order chi connectivity index (χ1) is 7.54. The normalized spacial score (nSPS) is 18.9. The molecule has 0 aromatic carbocycles. The lowest BCUT2D eigenvalue weighted by Gasteiger charge is -2.20. The number of hydrogen-bond acceptors (Lipinski definition) is 3. The van der Waals surface area contributed by atoms with E-state index in [0.29, 0.717) is 6.04 Å². The van der Waals surface area contributed by atoms with Crippen LogP contribution in [0.2, 0.25) is 0 Å². The second-order valence-electron chi connectivity index (χ2n) is 4.42. The Bertz CT molecular complexity index is 264. The van der Waals surface area contributed by atoms with Gasteiger partial charge in [0.05, 0.1) is 6.54 Å². The molecule has 16 heavy (non-hydrogen) atoms. The Balaban J connectivity index is 2.33. The summed E-state index contributed by atoms with van der Waals surface area (Å²) in [6.45, 7) is 3.95. The molecule has 0 saturated heterocycles. The van der Waals surface area contributed by atoms with E-state index in [4.69, 9.17) is 5.11 Å². The highest BCUT2D eigenvalue weighted by molar-refractivity contribution is 5.84. The molecular weight excluding hydrogens is 208 g/mol. The Morgan fingerprint density at radius 3 is 2.50 bits per heavy atom. The lowest BCUT2D eigenvalue weighted by Crippen LogP contribution is -2.48. The molecule has 5 heteroatoms. The van der Waals surface area contributed by atoms with Gasteiger partial charge in [0.1, 0.15) is 6.04 Å². The summed E-state index contributed by atoms with van der Waals surface area (Å²) in [7, 11) is 0. The molecule has 0 aliphatic heterocycles. The van der Waals surface area contributed by atoms with E-state index < -0.39 is 12.0 Å². The summed E-state index contributed by atoms with van der Waals surface area (Å²) in [5.41, 5.74) is 0. The zero-order valence-electron chi connectivity index (χ0n) is 9.82. The fourth-order valence-corrected chi connectivity index (χ4v) is 1.43. The quantitative estimate of drug-likeness (QED) is 0.587. The molecule has 0 aromatic heterocycles. The van der Waals surface area contributed by atoms with Gasteiger partial charge in [-0.25, -0.2) is 4.79 Å². The first kappa shape index (κ1) is 13.0. The Labute approximate surface area is 95.6 Å². The first-order valence-corrected chi connectivity index (χ1v) is 5.80. The number of nitrogens with one attached hydrogen (secondary N) is 2. The van der Waals surface area contributed by atoms with E-state index >= 15 is 0 Å². The van der Waals surface area contributed by atoms with Crippen LogP contribution in [0, 0.1) is 5.92 Å². The minimum atomic E-state index is -0.964. The van der Waals surface area contributed by atoms with E-state index in [9.17, 15) is 9.59 Å². The van der Waals surface area contributed by atoms with Crippen molar-refractivity contribution in [3.63, 3.8) is 0 Å². The van der Waals surface area contributed by atoms with Crippen molar-refractivity contribution in [1.82, 2.24) is 10.6 Å². The molecule has 0 radical (unpaired) electrons. The van der Waals surface area contributed by atoms with E-state index in [-0.39, 0.29) is 18.4 Å². The number of aliphatic carboxylic acids is 1. The summed E-state index contributed by atoms with van der Waals surface area (Å²) in [6, 6.07) is -0.323. The SMILES string of the molecule is CCC(C)C(NC(=O)CNC1CC1)C(=O)O. The van der Waals surface area contributed by atoms with Gasteiger partial charge in [0.15, 0.2) is 0 Å². The second-order valence-corrected chi connectivity index (χ2v) is 4.42. The number of carbonyl (C=O) groups excluding carboxylic acids is 1. The zero-order valence-corrected chi connectivity index (χ0v) is 9.82. The molecule has 1 amide bonds. The van der Waals surface area contributed by atoms with Crippen LogP contribution in [0.3, 0.4) is 0 Å². The fourth-order valence-electron chi connectivity index (χ4n) is 1.43. The number of carboxylic acids is 1. The van der Waals surface area contributed by atoms with E-state index in [2.05, 4.69) is 10.6 Å². The van der Waals surface area contributed by atoms with Crippen molar-refractivity contribution in [2.24, 2.45) is 5.92 Å². The third-order valence-electron chi connectivity index (χ3n) is 2.92. The lowest BCUT2D eigenvalue weighted by atomic mass is 9.99. The molecule has 1 rings (SSSR count). The molecule has 5 nitrogen and oxygen atoms in total. The highest BCUT2D eigenvalue weighted by Gasteiger charge is 2.26. The smallest absolute Gasteiger partial charge is 0.326 e. The maximum atomic E-state index is 11.5. The molecule has 0 bridgehead atoms. The van der Waals surface area contributed by atoms with Crippen LogP contribution in [-0.4, -0.2) is 35.6 Å². The van der Waals surface area contributed by atoms with Gasteiger partial charge in [-0.3, -0.25) is 4.79 Å². The van der Waals surface area contributed by atoms with Gasteiger partial charge in [0, 0.05) is 6.04 Å². The van der Waals surface area contributed by atoms with Gasteiger partial charge in [-0.05, 0) is 18.8 Å². The van der Waals surface area contributed by atoms with Crippen LogP contribution < -0.4 is 10.6 Å². The van der Waals surface area contributed by atoms with Gasteiger partial charge in [0.2, 0.25) is 5.91 Å². The standard InChI is InChI=1S/C11H20N2O3/c1-3-7(2)10(11(15)16)13-9(14)6-12-8-4-5-8/h7-8,10,12H,3-6H2,1-2H3,(H,13,14)(H,15,16). The molecule has 2 atom stereocenters. The fraction of sp³-hybridized carbons (Fsp3) is 0.818. The number of hydrogen-bond donors (Lipinski definition) is 3. The Hall–Kier alpha value is -1.10. The van der Waals surface area contributed by atoms with Gasteiger partial charge < -0.3 is 15.7 Å². The third-order valence-corrected chi connectivity index (χ3v) is 2.92. The highest BCUT2D eigenvalue weighted by Crippen LogP contribution is 2.18. The van der Waals surface area contributed by atoms with Crippen LogP contribution in [0.15, 0.2) is 0 Å². The van der Waals surface area contributed by atoms with E-state index in [1.165, 1.54) is 0 Å². The molecule has 92 valence electrons. The van der Waals surface area contributed by atoms with Crippen LogP contribution in [0.5, 0.6) is 0 Å². The summed E-state index contributed by atoms with van der Waals surface area (Å²) in [5, 5.41) is 14.6. The summed E-state index contributed by atoms with van der Waals surface area (Å²) in [6.07, 6.45) is 2.95. The number of rotatable bonds is 7. The predicted molar refractivity (Wildman–Crippen MR) is 60.0 cm³/mol. The van der Waals surface area contributed by atoms with E-state index in [1.807, 2.05) is 13.8 Å². The zero-order chi connectivity index (χ0) is 12.1. The lowest BCUT2D eigenvalue weighted by molar-refractivity contribution is -0.143. The van der Waals surface area contributed by atoms with Crippen LogP contribution >= 0.6 is 0 Å².